The Morgan fingerprint density at radius 1 is 1.12 bits per heavy atom. The molecule has 0 bridgehead atoms. The first kappa shape index (κ1) is 11.1. The minimum Gasteiger partial charge on any atom is -0.289 e. The van der Waals surface area contributed by atoms with Gasteiger partial charge in [-0.3, -0.25) is 4.79 Å². The molecule has 84 valence electrons. The number of carbonyl (C=O) groups excluding carboxylic acids is 1. The molecule has 0 N–H and O–H groups in total. The summed E-state index contributed by atoms with van der Waals surface area (Å²) in [6, 6.07) is 9.57. The summed E-state index contributed by atoms with van der Waals surface area (Å²) >= 11 is 0. The molecule has 1 aromatic rings. The summed E-state index contributed by atoms with van der Waals surface area (Å²) in [5.41, 5.74) is 3.36. The lowest BCUT2D eigenvalue weighted by atomic mass is 9.88. The van der Waals surface area contributed by atoms with Crippen molar-refractivity contribution in [3.63, 3.8) is 0 Å². The second kappa shape index (κ2) is 3.89. The molecule has 0 aliphatic heterocycles. The van der Waals surface area contributed by atoms with E-state index in [1.54, 1.807) is 0 Å². The molecule has 1 aromatic carbocycles. The van der Waals surface area contributed by atoms with E-state index < -0.39 is 0 Å². The fourth-order valence-electron chi connectivity index (χ4n) is 2.55. The second-order valence-electron chi connectivity index (χ2n) is 5.47. The summed E-state index contributed by atoms with van der Waals surface area (Å²) in [5, 5.41) is 0. The lowest BCUT2D eigenvalue weighted by molar-refractivity contribution is 0.102. The van der Waals surface area contributed by atoms with Gasteiger partial charge in [0.05, 0.1) is 0 Å². The van der Waals surface area contributed by atoms with Crippen LogP contribution in [-0.4, -0.2) is 5.78 Å². The van der Waals surface area contributed by atoms with E-state index >= 15 is 0 Å². The van der Waals surface area contributed by atoms with Crippen LogP contribution in [0.2, 0.25) is 0 Å². The molecule has 1 aliphatic carbocycles. The Hall–Kier alpha value is -1.37. The standard InChI is InChI=1S/C15H18O/c1-11-9-15(2,3)10-13(11)14(16)12-7-5-4-6-8-12/h4-8H,9-10H2,1-3H3. The highest BCUT2D eigenvalue weighted by Crippen LogP contribution is 2.42. The molecule has 1 nitrogen and oxygen atoms in total. The Bertz CT molecular complexity index is 438. The average molecular weight is 214 g/mol. The number of carbonyl (C=O) groups is 1. The first-order valence-corrected chi connectivity index (χ1v) is 5.78. The molecule has 0 amide bonds. The highest BCUT2D eigenvalue weighted by atomic mass is 16.1. The molecular formula is C15H18O. The van der Waals surface area contributed by atoms with Crippen LogP contribution < -0.4 is 0 Å². The Morgan fingerprint density at radius 3 is 2.25 bits per heavy atom. The largest absolute Gasteiger partial charge is 0.289 e. The summed E-state index contributed by atoms with van der Waals surface area (Å²) in [6.45, 7) is 6.54. The number of benzene rings is 1. The van der Waals surface area contributed by atoms with Gasteiger partial charge in [-0.1, -0.05) is 49.8 Å². The summed E-state index contributed by atoms with van der Waals surface area (Å²) in [4.78, 5) is 12.3. The Labute approximate surface area is 97.2 Å². The van der Waals surface area contributed by atoms with E-state index in [0.717, 1.165) is 24.0 Å². The van der Waals surface area contributed by atoms with Gasteiger partial charge in [0.15, 0.2) is 5.78 Å². The molecular weight excluding hydrogens is 196 g/mol. The zero-order valence-corrected chi connectivity index (χ0v) is 10.2. The highest BCUT2D eigenvalue weighted by Gasteiger charge is 2.31. The molecule has 16 heavy (non-hydrogen) atoms. The monoisotopic (exact) mass is 214 g/mol. The van der Waals surface area contributed by atoms with Gasteiger partial charge in [-0.15, -0.1) is 0 Å². The van der Waals surface area contributed by atoms with Crippen molar-refractivity contribution in [3.8, 4) is 0 Å². The molecule has 0 atom stereocenters. The molecule has 2 rings (SSSR count). The van der Waals surface area contributed by atoms with Gasteiger partial charge in [0.1, 0.15) is 0 Å². The normalized spacial score (nSPS) is 18.9. The van der Waals surface area contributed by atoms with Crippen LogP contribution in [-0.2, 0) is 0 Å². The van der Waals surface area contributed by atoms with Gasteiger partial charge in [0.25, 0.3) is 0 Å². The molecule has 0 radical (unpaired) electrons. The summed E-state index contributed by atoms with van der Waals surface area (Å²) in [5.74, 6) is 0.212. The summed E-state index contributed by atoms with van der Waals surface area (Å²) in [7, 11) is 0. The van der Waals surface area contributed by atoms with Crippen molar-refractivity contribution in [3.05, 3.63) is 47.0 Å². The smallest absolute Gasteiger partial charge is 0.188 e. The molecule has 0 spiro atoms. The van der Waals surface area contributed by atoms with E-state index in [-0.39, 0.29) is 11.2 Å². The number of ketones is 1. The Kier molecular flexibility index (Phi) is 2.71. The van der Waals surface area contributed by atoms with Gasteiger partial charge in [0.2, 0.25) is 0 Å². The van der Waals surface area contributed by atoms with Gasteiger partial charge >= 0.3 is 0 Å². The van der Waals surface area contributed by atoms with Crippen molar-refractivity contribution < 1.29 is 4.79 Å². The van der Waals surface area contributed by atoms with E-state index in [0.29, 0.717) is 0 Å². The van der Waals surface area contributed by atoms with Crippen LogP contribution in [0.1, 0.15) is 44.0 Å². The van der Waals surface area contributed by atoms with Crippen molar-refractivity contribution in [1.29, 1.82) is 0 Å². The highest BCUT2D eigenvalue weighted by molar-refractivity contribution is 6.09. The third-order valence-corrected chi connectivity index (χ3v) is 3.22. The summed E-state index contributed by atoms with van der Waals surface area (Å²) < 4.78 is 0. The van der Waals surface area contributed by atoms with Crippen molar-refractivity contribution in [1.82, 2.24) is 0 Å². The molecule has 0 unspecified atom stereocenters. The van der Waals surface area contributed by atoms with Crippen LogP contribution in [0, 0.1) is 5.41 Å². The van der Waals surface area contributed by atoms with Gasteiger partial charge in [-0.25, -0.2) is 0 Å². The minimum atomic E-state index is 0.212. The topological polar surface area (TPSA) is 17.1 Å². The van der Waals surface area contributed by atoms with Gasteiger partial charge in [0, 0.05) is 5.56 Å². The van der Waals surface area contributed by atoms with Crippen molar-refractivity contribution in [2.24, 2.45) is 5.41 Å². The quantitative estimate of drug-likeness (QED) is 0.680. The number of hydrogen-bond acceptors (Lipinski definition) is 1. The Balaban J connectivity index is 2.28. The van der Waals surface area contributed by atoms with Gasteiger partial charge < -0.3 is 0 Å². The first-order valence-electron chi connectivity index (χ1n) is 5.78. The first-order chi connectivity index (χ1) is 7.49. The predicted molar refractivity (Wildman–Crippen MR) is 66.5 cm³/mol. The molecule has 0 saturated heterocycles. The summed E-state index contributed by atoms with van der Waals surface area (Å²) in [6.07, 6.45) is 1.95. The van der Waals surface area contributed by atoms with Gasteiger partial charge in [-0.05, 0) is 30.8 Å². The number of rotatable bonds is 2. The van der Waals surface area contributed by atoms with Crippen LogP contribution >= 0.6 is 0 Å². The number of Topliss-reactive ketones (excluding diaryl/α,β-unsaturated/α-hetero) is 1. The van der Waals surface area contributed by atoms with E-state index in [4.69, 9.17) is 0 Å². The third kappa shape index (κ3) is 2.08. The van der Waals surface area contributed by atoms with Crippen LogP contribution in [0.5, 0.6) is 0 Å². The Morgan fingerprint density at radius 2 is 1.75 bits per heavy atom. The van der Waals surface area contributed by atoms with E-state index in [1.165, 1.54) is 5.57 Å². The minimum absolute atomic E-state index is 0.212. The van der Waals surface area contributed by atoms with Crippen LogP contribution in [0.3, 0.4) is 0 Å². The number of hydrogen-bond donors (Lipinski definition) is 0. The van der Waals surface area contributed by atoms with E-state index in [9.17, 15) is 4.79 Å². The molecule has 0 heterocycles. The zero-order chi connectivity index (χ0) is 11.8. The van der Waals surface area contributed by atoms with Crippen molar-refractivity contribution in [2.75, 3.05) is 0 Å². The SMILES string of the molecule is CC1=C(C(=O)c2ccccc2)CC(C)(C)C1. The maximum absolute atomic E-state index is 12.3. The van der Waals surface area contributed by atoms with Crippen LogP contribution in [0.4, 0.5) is 0 Å². The molecule has 0 saturated carbocycles. The van der Waals surface area contributed by atoms with E-state index in [2.05, 4.69) is 20.8 Å². The number of allylic oxidation sites excluding steroid dienone is 2. The maximum Gasteiger partial charge on any atom is 0.188 e. The fourth-order valence-corrected chi connectivity index (χ4v) is 2.55. The lowest BCUT2D eigenvalue weighted by Crippen LogP contribution is -2.08. The lowest BCUT2D eigenvalue weighted by Gasteiger charge is -2.16. The fraction of sp³-hybridized carbons (Fsp3) is 0.400. The second-order valence-corrected chi connectivity index (χ2v) is 5.47. The zero-order valence-electron chi connectivity index (χ0n) is 10.2. The molecule has 1 heteroatoms. The van der Waals surface area contributed by atoms with Gasteiger partial charge in [-0.2, -0.15) is 0 Å². The molecule has 0 aromatic heterocycles. The van der Waals surface area contributed by atoms with Crippen LogP contribution in [0.25, 0.3) is 0 Å². The van der Waals surface area contributed by atoms with Crippen molar-refractivity contribution in [2.45, 2.75) is 33.6 Å². The van der Waals surface area contributed by atoms with E-state index in [1.807, 2.05) is 30.3 Å². The van der Waals surface area contributed by atoms with Crippen molar-refractivity contribution >= 4 is 5.78 Å². The third-order valence-electron chi connectivity index (χ3n) is 3.22. The average Bonchev–Trinajstić information content (AvgIpc) is 2.52. The maximum atomic E-state index is 12.3. The van der Waals surface area contributed by atoms with Crippen LogP contribution in [0.15, 0.2) is 41.5 Å². The predicted octanol–water partition coefficient (Wildman–Crippen LogP) is 4.01. The molecule has 1 aliphatic rings. The molecule has 0 fully saturated rings.